The molecule has 6 nitrogen and oxygen atoms in total. The maximum Gasteiger partial charge on any atom is 0.234 e. The second kappa shape index (κ2) is 9.60. The number of aryl methyl sites for hydroxylation is 1. The molecule has 1 amide bonds. The van der Waals surface area contributed by atoms with Crippen LogP contribution in [0.4, 0.5) is 10.1 Å². The molecule has 0 aliphatic carbocycles. The molecule has 0 aliphatic rings. The Labute approximate surface area is 194 Å². The average molecular weight is 483 g/mol. The van der Waals surface area contributed by atoms with Gasteiger partial charge in [0.25, 0.3) is 0 Å². The summed E-state index contributed by atoms with van der Waals surface area (Å²) >= 11 is 0.923. The van der Waals surface area contributed by atoms with Gasteiger partial charge in [-0.3, -0.25) is 4.79 Å². The molecule has 1 aromatic heterocycles. The van der Waals surface area contributed by atoms with Gasteiger partial charge < -0.3 is 9.73 Å². The van der Waals surface area contributed by atoms with E-state index in [0.717, 1.165) is 17.3 Å². The molecule has 0 spiro atoms. The van der Waals surface area contributed by atoms with E-state index in [9.17, 15) is 17.6 Å². The number of halogens is 1. The van der Waals surface area contributed by atoms with Gasteiger partial charge in [-0.25, -0.2) is 12.8 Å². The summed E-state index contributed by atoms with van der Waals surface area (Å²) in [6, 6.07) is 20.7. The fourth-order valence-electron chi connectivity index (χ4n) is 2.95. The Balaban J connectivity index is 1.63. The van der Waals surface area contributed by atoms with Gasteiger partial charge in [-0.05, 0) is 55.5 Å². The second-order valence-electron chi connectivity index (χ2n) is 7.14. The number of nitrogens with zero attached hydrogens (tertiary/aromatic N) is 1. The molecule has 0 saturated carbocycles. The third-order valence-electron chi connectivity index (χ3n) is 4.64. The fraction of sp³-hybridized carbons (Fsp3) is 0.0833. The smallest absolute Gasteiger partial charge is 0.234 e. The zero-order valence-electron chi connectivity index (χ0n) is 17.5. The number of carbonyl (C=O) groups excluding carboxylic acids is 1. The minimum absolute atomic E-state index is 0.0173. The summed E-state index contributed by atoms with van der Waals surface area (Å²) in [6.45, 7) is 1.86. The highest BCUT2D eigenvalue weighted by atomic mass is 32.2. The molecular formula is C24H19FN2O4S2. The molecule has 168 valence electrons. The molecule has 33 heavy (non-hydrogen) atoms. The van der Waals surface area contributed by atoms with Crippen molar-refractivity contribution in [3.05, 3.63) is 90.2 Å². The van der Waals surface area contributed by atoms with Crippen molar-refractivity contribution in [3.8, 4) is 11.5 Å². The lowest BCUT2D eigenvalue weighted by atomic mass is 10.2. The third kappa shape index (κ3) is 5.32. The van der Waals surface area contributed by atoms with Crippen molar-refractivity contribution >= 4 is 33.2 Å². The number of hydrogen-bond acceptors (Lipinski definition) is 6. The number of rotatable bonds is 7. The minimum atomic E-state index is -3.98. The predicted octanol–water partition coefficient (Wildman–Crippen LogP) is 5.35. The molecule has 3 aromatic carbocycles. The normalized spacial score (nSPS) is 11.3. The first-order valence-electron chi connectivity index (χ1n) is 9.89. The van der Waals surface area contributed by atoms with Crippen LogP contribution in [0.3, 0.4) is 0 Å². The molecule has 4 rings (SSSR count). The molecule has 1 heterocycles. The number of thioether (sulfide) groups is 1. The summed E-state index contributed by atoms with van der Waals surface area (Å²) in [5, 5.41) is 2.41. The van der Waals surface area contributed by atoms with Crippen molar-refractivity contribution in [2.75, 3.05) is 11.1 Å². The summed E-state index contributed by atoms with van der Waals surface area (Å²) in [7, 11) is -3.98. The topological polar surface area (TPSA) is 89.3 Å². The molecular weight excluding hydrogens is 463 g/mol. The Morgan fingerprint density at radius 1 is 1.00 bits per heavy atom. The summed E-state index contributed by atoms with van der Waals surface area (Å²) in [4.78, 5) is 16.7. The van der Waals surface area contributed by atoms with Crippen LogP contribution < -0.4 is 5.32 Å². The molecule has 9 heteroatoms. The number of sulfone groups is 1. The summed E-state index contributed by atoms with van der Waals surface area (Å²) in [6.07, 6.45) is 0. The average Bonchev–Trinajstić information content (AvgIpc) is 3.25. The molecule has 0 bridgehead atoms. The van der Waals surface area contributed by atoms with Gasteiger partial charge in [0.1, 0.15) is 5.82 Å². The number of anilines is 1. The SMILES string of the molecule is Cc1ccc(S(=O)(=O)c2nc(-c3ccccc3)oc2SCC(=O)Nc2ccc(F)cc2)cc1. The number of oxazole rings is 1. The maximum atomic E-state index is 13.3. The van der Waals surface area contributed by atoms with E-state index in [1.165, 1.54) is 36.4 Å². The first-order valence-corrected chi connectivity index (χ1v) is 12.4. The molecule has 0 radical (unpaired) electrons. The summed E-state index contributed by atoms with van der Waals surface area (Å²) in [5.74, 6) is -0.800. The van der Waals surface area contributed by atoms with Gasteiger partial charge in [-0.2, -0.15) is 4.98 Å². The van der Waals surface area contributed by atoms with E-state index < -0.39 is 21.6 Å². The van der Waals surface area contributed by atoms with E-state index in [4.69, 9.17) is 4.42 Å². The number of aromatic nitrogens is 1. The van der Waals surface area contributed by atoms with E-state index in [2.05, 4.69) is 10.3 Å². The van der Waals surface area contributed by atoms with Crippen LogP contribution in [0, 0.1) is 12.7 Å². The third-order valence-corrected chi connectivity index (χ3v) is 7.39. The van der Waals surface area contributed by atoms with Gasteiger partial charge >= 0.3 is 0 Å². The highest BCUT2D eigenvalue weighted by Crippen LogP contribution is 2.35. The maximum absolute atomic E-state index is 13.3. The van der Waals surface area contributed by atoms with Gasteiger partial charge in [-0.15, -0.1) is 0 Å². The Bertz CT molecular complexity index is 1370. The number of nitrogens with one attached hydrogen (secondary N) is 1. The summed E-state index contributed by atoms with van der Waals surface area (Å²) in [5.41, 5.74) is 1.96. The van der Waals surface area contributed by atoms with Crippen molar-refractivity contribution in [3.63, 3.8) is 0 Å². The van der Waals surface area contributed by atoms with Gasteiger partial charge in [0.2, 0.25) is 31.8 Å². The van der Waals surface area contributed by atoms with Crippen molar-refractivity contribution in [2.45, 2.75) is 21.9 Å². The van der Waals surface area contributed by atoms with Crippen LogP contribution >= 0.6 is 11.8 Å². The van der Waals surface area contributed by atoms with E-state index in [1.54, 1.807) is 36.4 Å². The molecule has 4 aromatic rings. The van der Waals surface area contributed by atoms with Crippen LogP contribution in [0.25, 0.3) is 11.5 Å². The number of carbonyl (C=O) groups is 1. The monoisotopic (exact) mass is 482 g/mol. The Hall–Kier alpha value is -3.43. The molecule has 0 atom stereocenters. The van der Waals surface area contributed by atoms with Gasteiger partial charge in [0.05, 0.1) is 10.6 Å². The van der Waals surface area contributed by atoms with Crippen molar-refractivity contribution in [2.24, 2.45) is 0 Å². The Kier molecular flexibility index (Phi) is 6.62. The Morgan fingerprint density at radius 2 is 1.67 bits per heavy atom. The fourth-order valence-corrected chi connectivity index (χ4v) is 5.28. The van der Waals surface area contributed by atoms with Crippen LogP contribution in [-0.4, -0.2) is 25.1 Å². The molecule has 0 unspecified atom stereocenters. The van der Waals surface area contributed by atoms with E-state index in [-0.39, 0.29) is 26.7 Å². The van der Waals surface area contributed by atoms with Crippen LogP contribution in [0.2, 0.25) is 0 Å². The van der Waals surface area contributed by atoms with Crippen LogP contribution in [-0.2, 0) is 14.6 Å². The first-order chi connectivity index (χ1) is 15.8. The number of amides is 1. The van der Waals surface area contributed by atoms with Crippen molar-refractivity contribution in [1.82, 2.24) is 4.98 Å². The van der Waals surface area contributed by atoms with Gasteiger partial charge in [0, 0.05) is 11.3 Å². The highest BCUT2D eigenvalue weighted by molar-refractivity contribution is 8.00. The largest absolute Gasteiger partial charge is 0.428 e. The second-order valence-corrected chi connectivity index (χ2v) is 9.95. The molecule has 0 aliphatic heterocycles. The van der Waals surface area contributed by atoms with Crippen LogP contribution in [0.1, 0.15) is 5.56 Å². The lowest BCUT2D eigenvalue weighted by Gasteiger charge is -2.05. The quantitative estimate of drug-likeness (QED) is 0.357. The molecule has 0 fully saturated rings. The lowest BCUT2D eigenvalue weighted by molar-refractivity contribution is -0.113. The standard InChI is InChI=1S/C24H19FN2O4S2/c1-16-7-13-20(14-8-16)33(29,30)23-24(31-22(27-23)17-5-3-2-4-6-17)32-15-21(28)26-19-11-9-18(25)10-12-19/h2-14H,15H2,1H3,(H,26,28). The first kappa shape index (κ1) is 22.8. The zero-order valence-corrected chi connectivity index (χ0v) is 19.1. The summed E-state index contributed by atoms with van der Waals surface area (Å²) < 4.78 is 45.5. The lowest BCUT2D eigenvalue weighted by Crippen LogP contribution is -2.14. The van der Waals surface area contributed by atoms with Crippen molar-refractivity contribution < 1.29 is 22.0 Å². The van der Waals surface area contributed by atoms with Gasteiger partial charge in [-0.1, -0.05) is 47.7 Å². The van der Waals surface area contributed by atoms with Crippen molar-refractivity contribution in [1.29, 1.82) is 0 Å². The molecule has 1 N–H and O–H groups in total. The van der Waals surface area contributed by atoms with Gasteiger partial charge in [0.15, 0.2) is 0 Å². The highest BCUT2D eigenvalue weighted by Gasteiger charge is 2.29. The number of hydrogen-bond donors (Lipinski definition) is 1. The molecule has 0 saturated heterocycles. The zero-order chi connectivity index (χ0) is 23.4. The minimum Gasteiger partial charge on any atom is -0.428 e. The van der Waals surface area contributed by atoms with Crippen LogP contribution in [0.15, 0.2) is 98.3 Å². The number of benzene rings is 3. The predicted molar refractivity (Wildman–Crippen MR) is 124 cm³/mol. The van der Waals surface area contributed by atoms with E-state index >= 15 is 0 Å². The van der Waals surface area contributed by atoms with Crippen LogP contribution in [0.5, 0.6) is 0 Å². The van der Waals surface area contributed by atoms with E-state index in [0.29, 0.717) is 11.3 Å². The van der Waals surface area contributed by atoms with E-state index in [1.807, 2.05) is 13.0 Å². The Morgan fingerprint density at radius 3 is 2.33 bits per heavy atom.